The first kappa shape index (κ1) is 21.4. The zero-order valence-electron chi connectivity index (χ0n) is 15.9. The molecule has 0 aliphatic carbocycles. The molecule has 1 aliphatic rings. The van der Waals surface area contributed by atoms with Crippen LogP contribution in [0.1, 0.15) is 72.6 Å². The number of esters is 1. The van der Waals surface area contributed by atoms with Crippen LogP contribution in [0.25, 0.3) is 0 Å². The Balaban J connectivity index is 2.81. The molecule has 1 heterocycles. The molecule has 0 aromatic carbocycles. The van der Waals surface area contributed by atoms with Gasteiger partial charge >= 0.3 is 5.97 Å². The van der Waals surface area contributed by atoms with Crippen molar-refractivity contribution in [2.75, 3.05) is 19.8 Å². The molecule has 0 aromatic heterocycles. The molecule has 3 unspecified atom stereocenters. The zero-order valence-corrected chi connectivity index (χ0v) is 15.9. The SMILES string of the molecule is CCCCOC1C(=O)OC(CC)[C@@H](OCCCC)C1OCCCC. The third-order valence-corrected chi connectivity index (χ3v) is 4.30. The third kappa shape index (κ3) is 6.69. The van der Waals surface area contributed by atoms with E-state index < -0.39 is 6.10 Å². The fraction of sp³-hybridized carbons (Fsp3) is 0.947. The van der Waals surface area contributed by atoms with Gasteiger partial charge in [-0.3, -0.25) is 0 Å². The fourth-order valence-corrected chi connectivity index (χ4v) is 2.75. The van der Waals surface area contributed by atoms with E-state index in [2.05, 4.69) is 20.8 Å². The predicted molar refractivity (Wildman–Crippen MR) is 94.1 cm³/mol. The number of hydrogen-bond acceptors (Lipinski definition) is 5. The molecule has 0 bridgehead atoms. The zero-order chi connectivity index (χ0) is 17.8. The van der Waals surface area contributed by atoms with Crippen LogP contribution >= 0.6 is 0 Å². The minimum atomic E-state index is -0.678. The van der Waals surface area contributed by atoms with Crippen molar-refractivity contribution in [2.45, 2.75) is 97.1 Å². The van der Waals surface area contributed by atoms with E-state index in [-0.39, 0.29) is 24.3 Å². The van der Waals surface area contributed by atoms with E-state index in [9.17, 15) is 4.79 Å². The summed E-state index contributed by atoms with van der Waals surface area (Å²) in [7, 11) is 0. The summed E-state index contributed by atoms with van der Waals surface area (Å²) in [4.78, 5) is 12.4. The minimum absolute atomic E-state index is 0.247. The number of cyclic esters (lactones) is 1. The van der Waals surface area contributed by atoms with Gasteiger partial charge in [0.25, 0.3) is 0 Å². The van der Waals surface area contributed by atoms with E-state index in [4.69, 9.17) is 18.9 Å². The van der Waals surface area contributed by atoms with Gasteiger partial charge in [-0.15, -0.1) is 0 Å². The van der Waals surface area contributed by atoms with Crippen molar-refractivity contribution in [3.63, 3.8) is 0 Å². The summed E-state index contributed by atoms with van der Waals surface area (Å²) in [6, 6.07) is 0. The van der Waals surface area contributed by atoms with E-state index in [0.717, 1.165) is 44.9 Å². The molecular formula is C19H36O5. The van der Waals surface area contributed by atoms with Crippen LogP contribution in [0.2, 0.25) is 0 Å². The smallest absolute Gasteiger partial charge is 0.338 e. The molecule has 5 heteroatoms. The van der Waals surface area contributed by atoms with Gasteiger partial charge < -0.3 is 18.9 Å². The first-order chi connectivity index (χ1) is 11.7. The van der Waals surface area contributed by atoms with Gasteiger partial charge in [-0.25, -0.2) is 4.79 Å². The largest absolute Gasteiger partial charge is 0.458 e. The van der Waals surface area contributed by atoms with Crippen molar-refractivity contribution in [3.8, 4) is 0 Å². The molecule has 0 saturated carbocycles. The van der Waals surface area contributed by atoms with Crippen molar-refractivity contribution in [1.82, 2.24) is 0 Å². The van der Waals surface area contributed by atoms with Crippen LogP contribution in [-0.2, 0) is 23.7 Å². The maximum absolute atomic E-state index is 12.4. The molecule has 4 atom stereocenters. The van der Waals surface area contributed by atoms with E-state index in [1.54, 1.807) is 0 Å². The van der Waals surface area contributed by atoms with Crippen molar-refractivity contribution < 1.29 is 23.7 Å². The Labute approximate surface area is 147 Å². The average Bonchev–Trinajstić information content (AvgIpc) is 2.58. The first-order valence-electron chi connectivity index (χ1n) is 9.74. The molecule has 1 aliphatic heterocycles. The van der Waals surface area contributed by atoms with Gasteiger partial charge in [0.2, 0.25) is 0 Å². The quantitative estimate of drug-likeness (QED) is 0.375. The van der Waals surface area contributed by atoms with Gasteiger partial charge in [-0.2, -0.15) is 0 Å². The number of ether oxygens (including phenoxy) is 4. The van der Waals surface area contributed by atoms with Crippen LogP contribution < -0.4 is 0 Å². The lowest BCUT2D eigenvalue weighted by molar-refractivity contribution is -0.227. The molecule has 1 saturated heterocycles. The van der Waals surface area contributed by atoms with Crippen LogP contribution in [0.3, 0.4) is 0 Å². The monoisotopic (exact) mass is 344 g/mol. The molecule has 24 heavy (non-hydrogen) atoms. The number of carbonyl (C=O) groups excluding carboxylic acids is 1. The van der Waals surface area contributed by atoms with Crippen LogP contribution in [0.5, 0.6) is 0 Å². The van der Waals surface area contributed by atoms with Crippen LogP contribution in [0.15, 0.2) is 0 Å². The van der Waals surface area contributed by atoms with Crippen molar-refractivity contribution in [3.05, 3.63) is 0 Å². The highest BCUT2D eigenvalue weighted by molar-refractivity contribution is 5.77. The topological polar surface area (TPSA) is 54.0 Å². The standard InChI is InChI=1S/C19H36O5/c1-5-9-12-21-16-15(8-4)24-19(20)18(23-14-11-7-3)17(16)22-13-10-6-2/h15-18H,5-14H2,1-4H3/t15?,16-,17?,18?/m1/s1. The van der Waals surface area contributed by atoms with Gasteiger partial charge in [0, 0.05) is 19.8 Å². The Kier molecular flexibility index (Phi) is 11.3. The fourth-order valence-electron chi connectivity index (χ4n) is 2.75. The second-order valence-corrected chi connectivity index (χ2v) is 6.41. The third-order valence-electron chi connectivity index (χ3n) is 4.30. The lowest BCUT2D eigenvalue weighted by Gasteiger charge is -2.41. The summed E-state index contributed by atoms with van der Waals surface area (Å²) in [6.45, 7) is 10.2. The highest BCUT2D eigenvalue weighted by Gasteiger charge is 2.47. The molecule has 0 N–H and O–H groups in total. The number of unbranched alkanes of at least 4 members (excludes halogenated alkanes) is 3. The lowest BCUT2D eigenvalue weighted by atomic mass is 9.97. The van der Waals surface area contributed by atoms with E-state index in [0.29, 0.717) is 19.8 Å². The minimum Gasteiger partial charge on any atom is -0.458 e. The Morgan fingerprint density at radius 1 is 0.792 bits per heavy atom. The number of rotatable bonds is 13. The van der Waals surface area contributed by atoms with Crippen molar-refractivity contribution in [2.24, 2.45) is 0 Å². The summed E-state index contributed by atoms with van der Waals surface area (Å²) in [5.74, 6) is -0.310. The summed E-state index contributed by atoms with van der Waals surface area (Å²) < 4.78 is 23.6. The van der Waals surface area contributed by atoms with Crippen LogP contribution in [-0.4, -0.2) is 50.2 Å². The molecule has 0 spiro atoms. The Morgan fingerprint density at radius 2 is 1.29 bits per heavy atom. The maximum atomic E-state index is 12.4. The summed E-state index contributed by atoms with van der Waals surface area (Å²) in [6.07, 6.45) is 5.18. The van der Waals surface area contributed by atoms with E-state index in [1.807, 2.05) is 6.92 Å². The van der Waals surface area contributed by atoms with Gasteiger partial charge in [-0.1, -0.05) is 47.0 Å². The second-order valence-electron chi connectivity index (χ2n) is 6.41. The highest BCUT2D eigenvalue weighted by atomic mass is 16.6. The van der Waals surface area contributed by atoms with E-state index >= 15 is 0 Å². The molecular weight excluding hydrogens is 308 g/mol. The number of hydrogen-bond donors (Lipinski definition) is 0. The molecule has 5 nitrogen and oxygen atoms in total. The maximum Gasteiger partial charge on any atom is 0.338 e. The van der Waals surface area contributed by atoms with Crippen LogP contribution in [0.4, 0.5) is 0 Å². The molecule has 0 aromatic rings. The average molecular weight is 344 g/mol. The summed E-state index contributed by atoms with van der Waals surface area (Å²) >= 11 is 0. The van der Waals surface area contributed by atoms with Gasteiger partial charge in [0.05, 0.1) is 0 Å². The van der Waals surface area contributed by atoms with Gasteiger partial charge in [0.1, 0.15) is 18.3 Å². The predicted octanol–water partition coefficient (Wildman–Crippen LogP) is 3.88. The number of carbonyl (C=O) groups is 1. The molecule has 1 fully saturated rings. The van der Waals surface area contributed by atoms with Crippen molar-refractivity contribution in [1.29, 1.82) is 0 Å². The van der Waals surface area contributed by atoms with Gasteiger partial charge in [-0.05, 0) is 25.7 Å². The highest BCUT2D eigenvalue weighted by Crippen LogP contribution is 2.27. The van der Waals surface area contributed by atoms with Crippen LogP contribution in [0, 0.1) is 0 Å². The second kappa shape index (κ2) is 12.7. The first-order valence-corrected chi connectivity index (χ1v) is 9.74. The molecule has 142 valence electrons. The Bertz CT molecular complexity index is 334. The Hall–Kier alpha value is -0.650. The lowest BCUT2D eigenvalue weighted by Crippen LogP contribution is -2.58. The molecule has 0 radical (unpaired) electrons. The normalized spacial score (nSPS) is 27.2. The van der Waals surface area contributed by atoms with E-state index in [1.165, 1.54) is 0 Å². The summed E-state index contributed by atoms with van der Waals surface area (Å²) in [5.41, 5.74) is 0. The summed E-state index contributed by atoms with van der Waals surface area (Å²) in [5, 5.41) is 0. The Morgan fingerprint density at radius 3 is 1.79 bits per heavy atom. The molecule has 1 rings (SSSR count). The molecule has 0 amide bonds. The van der Waals surface area contributed by atoms with Gasteiger partial charge in [0.15, 0.2) is 6.10 Å². The van der Waals surface area contributed by atoms with Crippen molar-refractivity contribution >= 4 is 5.97 Å².